The van der Waals surface area contributed by atoms with E-state index in [1.165, 1.54) is 5.56 Å². The number of hydrogen-bond donors (Lipinski definition) is 2. The first-order valence-electron chi connectivity index (χ1n) is 8.18. The molecule has 0 amide bonds. The van der Waals surface area contributed by atoms with Crippen molar-refractivity contribution >= 4 is 0 Å². The third-order valence-corrected chi connectivity index (χ3v) is 4.93. The molecule has 1 aliphatic carbocycles. The summed E-state index contributed by atoms with van der Waals surface area (Å²) in [6.07, 6.45) is 6.08. The number of aromatic hydroxyl groups is 2. The molecule has 0 radical (unpaired) electrons. The van der Waals surface area contributed by atoms with E-state index in [4.69, 9.17) is 9.47 Å². The van der Waals surface area contributed by atoms with Crippen LogP contribution in [-0.2, 0) is 11.2 Å². The molecule has 0 unspecified atom stereocenters. The summed E-state index contributed by atoms with van der Waals surface area (Å²) in [5.41, 5.74) is 3.36. The first kappa shape index (κ1) is 15.1. The third kappa shape index (κ3) is 2.53. The van der Waals surface area contributed by atoms with E-state index in [0.29, 0.717) is 5.75 Å². The maximum Gasteiger partial charge on any atom is 0.160 e. The molecule has 4 heteroatoms. The van der Waals surface area contributed by atoms with Crippen molar-refractivity contribution in [1.29, 1.82) is 0 Å². The minimum Gasteiger partial charge on any atom is -0.508 e. The summed E-state index contributed by atoms with van der Waals surface area (Å²) < 4.78 is 11.6. The number of aryl methyl sites for hydroxylation is 1. The lowest BCUT2D eigenvalue weighted by molar-refractivity contribution is -0.0139. The number of fused-ring (bicyclic) bond motifs is 3. The number of methoxy groups -OCH3 is 1. The molecule has 1 heterocycles. The highest BCUT2D eigenvalue weighted by molar-refractivity contribution is 5.50. The van der Waals surface area contributed by atoms with Gasteiger partial charge in [-0.1, -0.05) is 24.3 Å². The highest BCUT2D eigenvalue weighted by atomic mass is 16.5. The van der Waals surface area contributed by atoms with Gasteiger partial charge in [0.25, 0.3) is 0 Å². The average Bonchev–Trinajstić information content (AvgIpc) is 2.61. The van der Waals surface area contributed by atoms with Crippen LogP contribution in [0.3, 0.4) is 0 Å². The lowest BCUT2D eigenvalue weighted by Crippen LogP contribution is -2.31. The zero-order valence-electron chi connectivity index (χ0n) is 13.5. The summed E-state index contributed by atoms with van der Waals surface area (Å²) in [4.78, 5) is 0. The second-order valence-electron chi connectivity index (χ2n) is 6.36. The van der Waals surface area contributed by atoms with Gasteiger partial charge in [-0.15, -0.1) is 0 Å². The summed E-state index contributed by atoms with van der Waals surface area (Å²) in [6, 6.07) is 10.9. The van der Waals surface area contributed by atoms with Crippen LogP contribution in [-0.4, -0.2) is 23.4 Å². The zero-order chi connectivity index (χ0) is 16.7. The van der Waals surface area contributed by atoms with Gasteiger partial charge in [-0.2, -0.15) is 0 Å². The number of rotatable bonds is 2. The van der Waals surface area contributed by atoms with Crippen LogP contribution >= 0.6 is 0 Å². The number of benzene rings is 2. The Morgan fingerprint density at radius 1 is 1.08 bits per heavy atom. The molecular weight excluding hydrogens is 304 g/mol. The second kappa shape index (κ2) is 5.87. The highest BCUT2D eigenvalue weighted by Crippen LogP contribution is 2.44. The van der Waals surface area contributed by atoms with Crippen LogP contribution in [0.5, 0.6) is 17.2 Å². The Morgan fingerprint density at radius 2 is 1.88 bits per heavy atom. The Labute approximate surface area is 141 Å². The zero-order valence-corrected chi connectivity index (χ0v) is 13.5. The molecule has 0 saturated heterocycles. The second-order valence-corrected chi connectivity index (χ2v) is 6.36. The smallest absolute Gasteiger partial charge is 0.160 e. The molecule has 0 bridgehead atoms. The molecule has 2 N–H and O–H groups in total. The summed E-state index contributed by atoms with van der Waals surface area (Å²) in [6.45, 7) is 0. The van der Waals surface area contributed by atoms with Crippen molar-refractivity contribution in [3.63, 3.8) is 0 Å². The molecule has 0 spiro atoms. The van der Waals surface area contributed by atoms with Crippen LogP contribution < -0.4 is 4.74 Å². The topological polar surface area (TPSA) is 58.9 Å². The van der Waals surface area contributed by atoms with Gasteiger partial charge in [-0.25, -0.2) is 0 Å². The maximum atomic E-state index is 9.98. The monoisotopic (exact) mass is 324 g/mol. The Balaban J connectivity index is 1.66. The van der Waals surface area contributed by atoms with Crippen molar-refractivity contribution in [1.82, 2.24) is 0 Å². The lowest BCUT2D eigenvalue weighted by atomic mass is 9.78. The van der Waals surface area contributed by atoms with Gasteiger partial charge in [0.2, 0.25) is 0 Å². The molecule has 2 aromatic rings. The van der Waals surface area contributed by atoms with Gasteiger partial charge in [0.05, 0.1) is 13.2 Å². The summed E-state index contributed by atoms with van der Waals surface area (Å²) >= 11 is 0. The Morgan fingerprint density at radius 3 is 2.62 bits per heavy atom. The minimum absolute atomic E-state index is 0.0904. The summed E-state index contributed by atoms with van der Waals surface area (Å²) in [5.74, 6) is 1.13. The lowest BCUT2D eigenvalue weighted by Gasteiger charge is -2.37. The van der Waals surface area contributed by atoms with Gasteiger partial charge < -0.3 is 19.7 Å². The van der Waals surface area contributed by atoms with Crippen LogP contribution in [0.1, 0.15) is 35.1 Å². The molecule has 24 heavy (non-hydrogen) atoms. The van der Waals surface area contributed by atoms with E-state index in [2.05, 4.69) is 12.2 Å². The van der Waals surface area contributed by atoms with Gasteiger partial charge in [0.1, 0.15) is 11.9 Å². The number of phenolic OH excluding ortho intramolecular Hbond substituents is 2. The molecule has 0 aromatic heterocycles. The molecular formula is C20H20O4. The standard InChI is InChI=1S/C20H20O4/c1-23-20-11-16-13(10-17(20)22)4-8-19-15(16)7-9-18(24-19)12-2-5-14(21)6-3-12/h2-3,5-7,9-11,15,18-19,21-22H,4,8H2,1H3/t15-,18-,19+/m0/s1. The molecule has 2 aromatic carbocycles. The Hall–Kier alpha value is -2.46. The fraction of sp³-hybridized carbons (Fsp3) is 0.300. The van der Waals surface area contributed by atoms with E-state index >= 15 is 0 Å². The fourth-order valence-electron chi connectivity index (χ4n) is 3.68. The highest BCUT2D eigenvalue weighted by Gasteiger charge is 2.34. The summed E-state index contributed by atoms with van der Waals surface area (Å²) in [5, 5.41) is 19.4. The molecule has 4 rings (SSSR count). The van der Waals surface area contributed by atoms with Gasteiger partial charge in [-0.3, -0.25) is 0 Å². The van der Waals surface area contributed by atoms with Crippen LogP contribution in [0.2, 0.25) is 0 Å². The number of phenols is 2. The summed E-state index contributed by atoms with van der Waals surface area (Å²) in [7, 11) is 1.57. The Bertz CT molecular complexity index is 779. The van der Waals surface area contributed by atoms with Crippen molar-refractivity contribution < 1.29 is 19.7 Å². The number of hydrogen-bond acceptors (Lipinski definition) is 4. The molecule has 1 aliphatic heterocycles. The predicted octanol–water partition coefficient (Wildman–Crippen LogP) is 3.83. The van der Waals surface area contributed by atoms with Gasteiger partial charge >= 0.3 is 0 Å². The third-order valence-electron chi connectivity index (χ3n) is 4.93. The quantitative estimate of drug-likeness (QED) is 0.824. The van der Waals surface area contributed by atoms with Crippen molar-refractivity contribution in [2.45, 2.75) is 31.0 Å². The van der Waals surface area contributed by atoms with Crippen molar-refractivity contribution in [2.24, 2.45) is 0 Å². The Kier molecular flexibility index (Phi) is 3.69. The normalized spacial score (nSPS) is 25.0. The van der Waals surface area contributed by atoms with Crippen LogP contribution in [0.15, 0.2) is 48.6 Å². The van der Waals surface area contributed by atoms with Crippen molar-refractivity contribution in [3.8, 4) is 17.2 Å². The largest absolute Gasteiger partial charge is 0.508 e. The van der Waals surface area contributed by atoms with E-state index in [1.807, 2.05) is 24.3 Å². The molecule has 4 nitrogen and oxygen atoms in total. The molecule has 124 valence electrons. The van der Waals surface area contributed by atoms with Crippen LogP contribution in [0.4, 0.5) is 0 Å². The fourth-order valence-corrected chi connectivity index (χ4v) is 3.68. The molecule has 0 fully saturated rings. The average molecular weight is 324 g/mol. The SMILES string of the molecule is COc1cc2c(cc1O)CC[C@H]1O[C@H](c3ccc(O)cc3)C=C[C@@H]21. The molecule has 0 saturated carbocycles. The van der Waals surface area contributed by atoms with Gasteiger partial charge in [-0.05, 0) is 53.8 Å². The first-order valence-corrected chi connectivity index (χ1v) is 8.18. The predicted molar refractivity (Wildman–Crippen MR) is 90.6 cm³/mol. The van der Waals surface area contributed by atoms with Crippen LogP contribution in [0.25, 0.3) is 0 Å². The van der Waals surface area contributed by atoms with E-state index in [1.54, 1.807) is 19.2 Å². The number of ether oxygens (including phenoxy) is 2. The molecule has 3 atom stereocenters. The minimum atomic E-state index is -0.0904. The van der Waals surface area contributed by atoms with E-state index in [9.17, 15) is 10.2 Å². The first-order chi connectivity index (χ1) is 11.7. The van der Waals surface area contributed by atoms with Crippen molar-refractivity contribution in [2.75, 3.05) is 7.11 Å². The van der Waals surface area contributed by atoms with E-state index < -0.39 is 0 Å². The van der Waals surface area contributed by atoms with Gasteiger partial charge in [0, 0.05) is 5.92 Å². The maximum absolute atomic E-state index is 9.98. The molecule has 2 aliphatic rings. The van der Waals surface area contributed by atoms with Gasteiger partial charge in [0.15, 0.2) is 11.5 Å². The van der Waals surface area contributed by atoms with Crippen molar-refractivity contribution in [3.05, 3.63) is 65.2 Å². The van der Waals surface area contributed by atoms with Crippen LogP contribution in [0, 0.1) is 0 Å². The van der Waals surface area contributed by atoms with E-state index in [-0.39, 0.29) is 29.6 Å². The van der Waals surface area contributed by atoms with E-state index in [0.717, 1.165) is 24.0 Å².